The van der Waals surface area contributed by atoms with Gasteiger partial charge in [-0.25, -0.2) is 9.37 Å². The Morgan fingerprint density at radius 3 is 2.58 bits per heavy atom. The van der Waals surface area contributed by atoms with Gasteiger partial charge in [-0.05, 0) is 31.2 Å². The van der Waals surface area contributed by atoms with Crippen molar-refractivity contribution in [2.45, 2.75) is 12.8 Å². The van der Waals surface area contributed by atoms with E-state index < -0.39 is 5.92 Å². The van der Waals surface area contributed by atoms with E-state index in [1.165, 1.54) is 12.1 Å². The number of aromatic nitrogens is 2. The van der Waals surface area contributed by atoms with E-state index in [2.05, 4.69) is 10.3 Å². The minimum atomic E-state index is -0.567. The normalized spacial score (nSPS) is 12.4. The molecule has 2 aromatic carbocycles. The number of anilines is 1. The van der Waals surface area contributed by atoms with Crippen LogP contribution in [-0.2, 0) is 11.8 Å². The number of fused-ring (bicyclic) bond motifs is 1. The van der Waals surface area contributed by atoms with Crippen LogP contribution in [-0.4, -0.2) is 15.5 Å². The number of hydrogen-bond acceptors (Lipinski definition) is 2. The number of benzene rings is 2. The van der Waals surface area contributed by atoms with Gasteiger partial charge in [-0.1, -0.05) is 29.3 Å². The second kappa shape index (κ2) is 6.42. The van der Waals surface area contributed by atoms with Crippen molar-refractivity contribution < 1.29 is 9.18 Å². The molecular formula is C17H14Cl2FN3O. The maximum Gasteiger partial charge on any atom is 0.234 e. The zero-order valence-electron chi connectivity index (χ0n) is 13.0. The zero-order valence-corrected chi connectivity index (χ0v) is 14.5. The van der Waals surface area contributed by atoms with E-state index in [1.54, 1.807) is 42.8 Å². The number of halogens is 3. The molecule has 0 fully saturated rings. The minimum Gasteiger partial charge on any atom is -0.313 e. The first-order valence-electron chi connectivity index (χ1n) is 7.25. The van der Waals surface area contributed by atoms with E-state index in [9.17, 15) is 9.18 Å². The SMILES string of the molecule is CC(C(=O)Nc1nc2cc(F)ccc2n1C)c1c(Cl)cccc1Cl. The number of carbonyl (C=O) groups excluding carboxylic acids is 1. The number of hydrogen-bond donors (Lipinski definition) is 1. The second-order valence-corrected chi connectivity index (χ2v) is 6.29. The first-order valence-corrected chi connectivity index (χ1v) is 8.01. The molecule has 3 rings (SSSR count). The van der Waals surface area contributed by atoms with E-state index in [4.69, 9.17) is 23.2 Å². The molecule has 3 aromatic rings. The molecule has 24 heavy (non-hydrogen) atoms. The maximum atomic E-state index is 13.3. The molecule has 0 spiro atoms. The van der Waals surface area contributed by atoms with Crippen LogP contribution in [0.3, 0.4) is 0 Å². The summed E-state index contributed by atoms with van der Waals surface area (Å²) in [6.45, 7) is 1.71. The zero-order chi connectivity index (χ0) is 17.4. The summed E-state index contributed by atoms with van der Waals surface area (Å²) in [5.41, 5.74) is 1.74. The van der Waals surface area contributed by atoms with E-state index in [1.807, 2.05) is 0 Å². The molecule has 0 aliphatic rings. The highest BCUT2D eigenvalue weighted by molar-refractivity contribution is 6.36. The van der Waals surface area contributed by atoms with Gasteiger partial charge >= 0.3 is 0 Å². The Morgan fingerprint density at radius 2 is 1.92 bits per heavy atom. The fourth-order valence-corrected chi connectivity index (χ4v) is 3.28. The Balaban J connectivity index is 1.91. The van der Waals surface area contributed by atoms with Crippen molar-refractivity contribution in [3.05, 3.63) is 57.8 Å². The lowest BCUT2D eigenvalue weighted by molar-refractivity contribution is -0.117. The number of imidazole rings is 1. The fraction of sp³-hybridized carbons (Fsp3) is 0.176. The van der Waals surface area contributed by atoms with Crippen LogP contribution in [0.25, 0.3) is 11.0 Å². The molecular weight excluding hydrogens is 352 g/mol. The molecule has 0 saturated heterocycles. The van der Waals surface area contributed by atoms with E-state index >= 15 is 0 Å². The third-order valence-electron chi connectivity index (χ3n) is 3.90. The molecule has 1 aromatic heterocycles. The lowest BCUT2D eigenvalue weighted by atomic mass is 10.0. The number of nitrogens with zero attached hydrogens (tertiary/aromatic N) is 2. The maximum absolute atomic E-state index is 13.3. The molecule has 124 valence electrons. The summed E-state index contributed by atoms with van der Waals surface area (Å²) in [6.07, 6.45) is 0. The molecule has 0 saturated carbocycles. The fourth-order valence-electron chi connectivity index (χ4n) is 2.56. The summed E-state index contributed by atoms with van der Waals surface area (Å²) in [4.78, 5) is 16.8. The average Bonchev–Trinajstić information content (AvgIpc) is 2.82. The van der Waals surface area contributed by atoms with Crippen LogP contribution < -0.4 is 5.32 Å². The molecule has 1 amide bonds. The predicted octanol–water partition coefficient (Wildman–Crippen LogP) is 4.76. The molecule has 0 radical (unpaired) electrons. The van der Waals surface area contributed by atoms with Gasteiger partial charge in [0.25, 0.3) is 0 Å². The number of nitrogens with one attached hydrogen (secondary N) is 1. The largest absolute Gasteiger partial charge is 0.313 e. The predicted molar refractivity (Wildman–Crippen MR) is 94.2 cm³/mol. The number of carbonyl (C=O) groups is 1. The summed E-state index contributed by atoms with van der Waals surface area (Å²) in [6, 6.07) is 9.37. The van der Waals surface area contributed by atoms with Crippen LogP contribution in [0.1, 0.15) is 18.4 Å². The van der Waals surface area contributed by atoms with E-state index in [0.29, 0.717) is 27.1 Å². The number of aryl methyl sites for hydroxylation is 1. The van der Waals surface area contributed by atoms with Gasteiger partial charge in [-0.2, -0.15) is 0 Å². The monoisotopic (exact) mass is 365 g/mol. The van der Waals surface area contributed by atoms with Gasteiger partial charge < -0.3 is 4.57 Å². The lowest BCUT2D eigenvalue weighted by Gasteiger charge is -2.15. The highest BCUT2D eigenvalue weighted by atomic mass is 35.5. The van der Waals surface area contributed by atoms with Gasteiger partial charge in [-0.15, -0.1) is 0 Å². The Bertz CT molecular complexity index is 919. The molecule has 0 aliphatic carbocycles. The smallest absolute Gasteiger partial charge is 0.234 e. The molecule has 1 heterocycles. The van der Waals surface area contributed by atoms with Crippen molar-refractivity contribution in [2.75, 3.05) is 5.32 Å². The Morgan fingerprint density at radius 1 is 1.25 bits per heavy atom. The highest BCUT2D eigenvalue weighted by Crippen LogP contribution is 2.32. The van der Waals surface area contributed by atoms with Gasteiger partial charge in [-0.3, -0.25) is 10.1 Å². The molecule has 1 N–H and O–H groups in total. The summed E-state index contributed by atoms with van der Waals surface area (Å²) >= 11 is 12.3. The molecule has 1 atom stereocenters. The van der Waals surface area contributed by atoms with Gasteiger partial charge in [0.05, 0.1) is 17.0 Å². The van der Waals surface area contributed by atoms with Crippen molar-refractivity contribution in [2.24, 2.45) is 7.05 Å². The van der Waals surface area contributed by atoms with Crippen LogP contribution in [0, 0.1) is 5.82 Å². The summed E-state index contributed by atoms with van der Waals surface area (Å²) < 4.78 is 15.0. The van der Waals surface area contributed by atoms with Crippen molar-refractivity contribution in [1.82, 2.24) is 9.55 Å². The second-order valence-electron chi connectivity index (χ2n) is 5.47. The van der Waals surface area contributed by atoms with Crippen LogP contribution in [0.2, 0.25) is 10.0 Å². The molecule has 0 aliphatic heterocycles. The quantitative estimate of drug-likeness (QED) is 0.727. The Hall–Kier alpha value is -2.11. The third kappa shape index (κ3) is 2.97. The summed E-state index contributed by atoms with van der Waals surface area (Å²) in [7, 11) is 1.75. The molecule has 7 heteroatoms. The van der Waals surface area contributed by atoms with Crippen LogP contribution in [0.4, 0.5) is 10.3 Å². The molecule has 1 unspecified atom stereocenters. The summed E-state index contributed by atoms with van der Waals surface area (Å²) in [5.74, 6) is -0.919. The Kier molecular flexibility index (Phi) is 4.47. The minimum absolute atomic E-state index is 0.302. The molecule has 4 nitrogen and oxygen atoms in total. The van der Waals surface area contributed by atoms with Gasteiger partial charge in [0.1, 0.15) is 5.82 Å². The number of rotatable bonds is 3. The van der Waals surface area contributed by atoms with Crippen molar-refractivity contribution in [1.29, 1.82) is 0 Å². The van der Waals surface area contributed by atoms with Crippen molar-refractivity contribution >= 4 is 46.1 Å². The highest BCUT2D eigenvalue weighted by Gasteiger charge is 2.22. The first-order chi connectivity index (χ1) is 11.4. The Labute approximate surface area is 148 Å². The third-order valence-corrected chi connectivity index (χ3v) is 4.56. The van der Waals surface area contributed by atoms with Gasteiger partial charge in [0.2, 0.25) is 11.9 Å². The van der Waals surface area contributed by atoms with Crippen LogP contribution in [0.15, 0.2) is 36.4 Å². The lowest BCUT2D eigenvalue weighted by Crippen LogP contribution is -2.21. The van der Waals surface area contributed by atoms with Crippen molar-refractivity contribution in [3.63, 3.8) is 0 Å². The number of amides is 1. The topological polar surface area (TPSA) is 46.9 Å². The van der Waals surface area contributed by atoms with Crippen LogP contribution in [0.5, 0.6) is 0 Å². The molecule has 0 bridgehead atoms. The first kappa shape index (κ1) is 16.7. The van der Waals surface area contributed by atoms with Crippen molar-refractivity contribution in [3.8, 4) is 0 Å². The van der Waals surface area contributed by atoms with Crippen LogP contribution >= 0.6 is 23.2 Å². The standard InChI is InChI=1S/C17H14Cl2FN3O/c1-9(15-11(18)4-3-5-12(15)19)16(24)22-17-21-13-8-10(20)6-7-14(13)23(17)2/h3-9H,1-2H3,(H,21,22,24). The average molecular weight is 366 g/mol. The van der Waals surface area contributed by atoms with E-state index in [0.717, 1.165) is 5.52 Å². The van der Waals surface area contributed by atoms with E-state index in [-0.39, 0.29) is 11.7 Å². The van der Waals surface area contributed by atoms with Gasteiger partial charge in [0.15, 0.2) is 0 Å². The van der Waals surface area contributed by atoms with Gasteiger partial charge in [0, 0.05) is 28.7 Å². The summed E-state index contributed by atoms with van der Waals surface area (Å²) in [5, 5.41) is 3.60.